The highest BCUT2D eigenvalue weighted by Crippen LogP contribution is 2.36. The van der Waals surface area contributed by atoms with Crippen molar-refractivity contribution in [1.29, 1.82) is 0 Å². The maximum atomic E-state index is 12.3. The summed E-state index contributed by atoms with van der Waals surface area (Å²) in [4.78, 5) is 14.6. The minimum Gasteiger partial charge on any atom is -0.450 e. The number of aryl methyl sites for hydroxylation is 3. The molecule has 0 atom stereocenters. The molecule has 7 nitrogen and oxygen atoms in total. The highest BCUT2D eigenvalue weighted by Gasteiger charge is 2.39. The van der Waals surface area contributed by atoms with Gasteiger partial charge in [-0.3, -0.25) is 0 Å². The molecule has 0 aliphatic heterocycles. The molecular formula is C39H52N2O5Si. The van der Waals surface area contributed by atoms with Gasteiger partial charge in [0, 0.05) is 50.9 Å². The van der Waals surface area contributed by atoms with E-state index in [2.05, 4.69) is 115 Å². The van der Waals surface area contributed by atoms with Crippen LogP contribution >= 0.6 is 0 Å². The lowest BCUT2D eigenvalue weighted by Gasteiger charge is -2.28. The molecule has 47 heavy (non-hydrogen) atoms. The fraction of sp³-hybridized carbons (Fsp3) is 0.359. The minimum absolute atomic E-state index is 0. The fourth-order valence-corrected chi connectivity index (χ4v) is 8.16. The molecule has 0 saturated heterocycles. The summed E-state index contributed by atoms with van der Waals surface area (Å²) in [6, 6.07) is 35.1. The molecule has 8 heteroatoms. The van der Waals surface area contributed by atoms with Gasteiger partial charge >= 0.3 is 14.9 Å². The maximum absolute atomic E-state index is 12.3. The van der Waals surface area contributed by atoms with Gasteiger partial charge in [-0.2, -0.15) is 0 Å². The molecule has 1 amide bonds. The molecule has 0 aliphatic rings. The Balaban J connectivity index is 0.00000625. The number of ether oxygens (including phenoxy) is 1. The Hall–Kier alpha value is -3.95. The van der Waals surface area contributed by atoms with Gasteiger partial charge in [-0.15, -0.1) is 0 Å². The van der Waals surface area contributed by atoms with E-state index in [0.29, 0.717) is 45.4 Å². The summed E-state index contributed by atoms with van der Waals surface area (Å²) in [6.07, 6.45) is 1.85. The van der Waals surface area contributed by atoms with E-state index in [1.54, 1.807) is 0 Å². The number of nitrogens with zero attached hydrogens (tertiary/aromatic N) is 1. The number of hydrogen-bond acceptors (Lipinski definition) is 6. The van der Waals surface area contributed by atoms with Gasteiger partial charge < -0.3 is 28.2 Å². The van der Waals surface area contributed by atoms with Crippen molar-refractivity contribution in [2.75, 3.05) is 37.9 Å². The first-order chi connectivity index (χ1) is 22.9. The molecule has 0 heterocycles. The first kappa shape index (κ1) is 35.9. The van der Waals surface area contributed by atoms with E-state index >= 15 is 0 Å². The average molecular weight is 657 g/mol. The number of hydrogen-bond donors (Lipinski definition) is 1. The molecule has 0 saturated carbocycles. The smallest absolute Gasteiger partial charge is 0.450 e. The first-order valence-electron chi connectivity index (χ1n) is 16.8. The molecule has 252 valence electrons. The van der Waals surface area contributed by atoms with Crippen molar-refractivity contribution in [2.24, 2.45) is 0 Å². The second-order valence-electron chi connectivity index (χ2n) is 11.4. The fourth-order valence-electron chi connectivity index (χ4n) is 5.55. The zero-order valence-electron chi connectivity index (χ0n) is 28.6. The van der Waals surface area contributed by atoms with Crippen molar-refractivity contribution in [3.05, 3.63) is 114 Å². The van der Waals surface area contributed by atoms with E-state index in [1.165, 1.54) is 27.8 Å². The van der Waals surface area contributed by atoms with Crippen molar-refractivity contribution < 1.29 is 24.2 Å². The van der Waals surface area contributed by atoms with Crippen LogP contribution in [-0.4, -0.2) is 47.9 Å². The van der Waals surface area contributed by atoms with Gasteiger partial charge in [0.1, 0.15) is 0 Å². The summed E-state index contributed by atoms with van der Waals surface area (Å²) in [5, 5.41) is 2.84. The standard InChI is InChI=1S/C39H50N2O5Si.H2/c1-6-44-47(45-7-2,46-8-3)29-13-27-40-39(42)43-28-12-14-33-18-23-36(24-19-33)41(38-22-17-31(4)32(5)30-38)37-25-20-35(21-26-37)34-15-10-9-11-16-34;/h9-11,15-26,30H,6-8,12-14,27-29H2,1-5H3,(H,40,42);1H. The average Bonchev–Trinajstić information content (AvgIpc) is 3.08. The van der Waals surface area contributed by atoms with Crippen molar-refractivity contribution in [3.63, 3.8) is 0 Å². The SMILES string of the molecule is CCO[Si](CCCNC(=O)OCCCc1ccc(N(c2ccc(-c3ccccc3)cc2)c2ccc(C)c(C)c2)cc1)(OCC)OCC.[HH]. The number of carbonyl (C=O) groups is 1. The van der Waals surface area contributed by atoms with E-state index in [4.69, 9.17) is 18.0 Å². The van der Waals surface area contributed by atoms with E-state index in [-0.39, 0.29) is 1.43 Å². The predicted molar refractivity (Wildman–Crippen MR) is 196 cm³/mol. The summed E-state index contributed by atoms with van der Waals surface area (Å²) in [5.41, 5.74) is 9.42. The Labute approximate surface area is 283 Å². The highest BCUT2D eigenvalue weighted by atomic mass is 28.4. The summed E-state index contributed by atoms with van der Waals surface area (Å²) in [5.74, 6) is 0. The number of alkyl carbamates (subject to hydrolysis) is 1. The third-order valence-electron chi connectivity index (χ3n) is 8.04. The van der Waals surface area contributed by atoms with Crippen molar-refractivity contribution in [1.82, 2.24) is 5.32 Å². The number of rotatable bonds is 18. The molecule has 0 aromatic heterocycles. The molecule has 0 spiro atoms. The second-order valence-corrected chi connectivity index (χ2v) is 14.2. The Morgan fingerprint density at radius 1 is 0.702 bits per heavy atom. The summed E-state index contributed by atoms with van der Waals surface area (Å²) in [7, 11) is -2.70. The molecule has 0 bridgehead atoms. The van der Waals surface area contributed by atoms with Crippen LogP contribution in [0.15, 0.2) is 97.1 Å². The van der Waals surface area contributed by atoms with Gasteiger partial charge in [-0.05, 0) is 118 Å². The van der Waals surface area contributed by atoms with Crippen molar-refractivity contribution >= 4 is 32.0 Å². The van der Waals surface area contributed by atoms with Crippen LogP contribution in [0.1, 0.15) is 51.7 Å². The normalized spacial score (nSPS) is 11.3. The van der Waals surface area contributed by atoms with E-state index in [0.717, 1.165) is 29.9 Å². The van der Waals surface area contributed by atoms with Gasteiger partial charge in [-0.25, -0.2) is 4.79 Å². The van der Waals surface area contributed by atoms with Crippen molar-refractivity contribution in [2.45, 2.75) is 59.9 Å². The van der Waals surface area contributed by atoms with E-state index in [1.807, 2.05) is 26.8 Å². The third kappa shape index (κ3) is 10.5. The molecule has 4 aromatic carbocycles. The zero-order chi connectivity index (χ0) is 33.5. The summed E-state index contributed by atoms with van der Waals surface area (Å²) < 4.78 is 23.1. The quantitative estimate of drug-likeness (QED) is 0.0850. The van der Waals surface area contributed by atoms with E-state index in [9.17, 15) is 4.79 Å². The summed E-state index contributed by atoms with van der Waals surface area (Å²) in [6.45, 7) is 12.6. The van der Waals surface area contributed by atoms with Gasteiger partial charge in [0.2, 0.25) is 0 Å². The van der Waals surface area contributed by atoms with Gasteiger partial charge in [0.15, 0.2) is 0 Å². The lowest BCUT2D eigenvalue weighted by Crippen LogP contribution is -2.46. The van der Waals surface area contributed by atoms with Crippen LogP contribution in [-0.2, 0) is 24.4 Å². The topological polar surface area (TPSA) is 69.3 Å². The molecule has 0 unspecified atom stereocenters. The third-order valence-corrected chi connectivity index (χ3v) is 11.2. The van der Waals surface area contributed by atoms with Crippen LogP contribution in [0, 0.1) is 13.8 Å². The first-order valence-corrected chi connectivity index (χ1v) is 18.8. The second kappa shape index (κ2) is 18.4. The number of anilines is 3. The Bertz CT molecular complexity index is 1500. The number of carbonyl (C=O) groups excluding carboxylic acids is 1. The van der Waals surface area contributed by atoms with Gasteiger partial charge in [0.05, 0.1) is 6.61 Å². The predicted octanol–water partition coefficient (Wildman–Crippen LogP) is 9.78. The van der Waals surface area contributed by atoms with Crippen LogP contribution in [0.4, 0.5) is 21.9 Å². The monoisotopic (exact) mass is 656 g/mol. The van der Waals surface area contributed by atoms with Crippen LogP contribution in [0.25, 0.3) is 11.1 Å². The molecule has 0 radical (unpaired) electrons. The van der Waals surface area contributed by atoms with Crippen molar-refractivity contribution in [3.8, 4) is 11.1 Å². The van der Waals surface area contributed by atoms with Crippen LogP contribution < -0.4 is 10.2 Å². The Kier molecular flexibility index (Phi) is 14.1. The summed E-state index contributed by atoms with van der Waals surface area (Å²) >= 11 is 0. The molecule has 0 fully saturated rings. The Morgan fingerprint density at radius 3 is 1.87 bits per heavy atom. The van der Waals surface area contributed by atoms with E-state index < -0.39 is 14.9 Å². The van der Waals surface area contributed by atoms with Crippen LogP contribution in [0.2, 0.25) is 6.04 Å². The number of amides is 1. The van der Waals surface area contributed by atoms with Crippen LogP contribution in [0.3, 0.4) is 0 Å². The molecule has 0 aliphatic carbocycles. The van der Waals surface area contributed by atoms with Gasteiger partial charge in [0.25, 0.3) is 0 Å². The largest absolute Gasteiger partial charge is 0.500 e. The Morgan fingerprint density at radius 2 is 1.28 bits per heavy atom. The molecule has 1 N–H and O–H groups in total. The molecule has 4 rings (SSSR count). The van der Waals surface area contributed by atoms with Crippen LogP contribution in [0.5, 0.6) is 0 Å². The molecular weight excluding hydrogens is 605 g/mol. The van der Waals surface area contributed by atoms with Gasteiger partial charge in [-0.1, -0.05) is 60.7 Å². The molecule has 4 aromatic rings. The number of nitrogens with one attached hydrogen (secondary N) is 1. The lowest BCUT2D eigenvalue weighted by atomic mass is 10.0. The minimum atomic E-state index is -2.70. The highest BCUT2D eigenvalue weighted by molar-refractivity contribution is 6.60. The lowest BCUT2D eigenvalue weighted by molar-refractivity contribution is 0.0706. The maximum Gasteiger partial charge on any atom is 0.500 e. The number of benzene rings is 4. The zero-order valence-corrected chi connectivity index (χ0v) is 29.6.